The summed E-state index contributed by atoms with van der Waals surface area (Å²) in [6.45, 7) is 55.7. The molecule has 1 heterocycles. The van der Waals surface area contributed by atoms with Crippen LogP contribution in [0.2, 0.25) is 0 Å². The summed E-state index contributed by atoms with van der Waals surface area (Å²) in [6, 6.07) is 6.79. The average Bonchev–Trinajstić information content (AvgIpc) is 1.48. The molecule has 18 heteroatoms. The Bertz CT molecular complexity index is 4820. The van der Waals surface area contributed by atoms with Crippen molar-refractivity contribution in [2.45, 2.75) is 496 Å². The minimum Gasteiger partial charge on any atom is -0.481 e. The summed E-state index contributed by atoms with van der Waals surface area (Å²) in [5.74, 6) is 19.6. The van der Waals surface area contributed by atoms with Crippen molar-refractivity contribution in [3.8, 4) is 0 Å². The Kier molecular flexibility index (Phi) is 42.9. The number of ketones is 1. The van der Waals surface area contributed by atoms with Crippen molar-refractivity contribution in [2.24, 2.45) is 196 Å². The highest BCUT2D eigenvalue weighted by atomic mass is 32.2. The molecule has 13 fully saturated rings. The maximum Gasteiger partial charge on any atom is 0.314 e. The molecule has 1 saturated heterocycles. The van der Waals surface area contributed by atoms with E-state index in [9.17, 15) is 27.6 Å². The number of nitrogens with zero attached hydrogens (tertiary/aromatic N) is 3. The first-order chi connectivity index (χ1) is 71.3. The van der Waals surface area contributed by atoms with Crippen molar-refractivity contribution < 1.29 is 60.6 Å². The summed E-state index contributed by atoms with van der Waals surface area (Å²) in [5.41, 5.74) is 25.6. The molecule has 1 aromatic rings. The Morgan fingerprint density at radius 1 is 0.400 bits per heavy atom. The van der Waals surface area contributed by atoms with E-state index in [0.29, 0.717) is 101 Å². The molecule has 0 spiro atoms. The molecule has 32 atom stereocenters. The van der Waals surface area contributed by atoms with E-state index < -0.39 is 28.0 Å². The molecule has 17 nitrogen and oxygen atoms in total. The van der Waals surface area contributed by atoms with Crippen molar-refractivity contribution in [1.82, 2.24) is 0 Å². The SMILES string of the molecule is CC(C)CCC[C@@H](C)[C@H]1CCC2C3CC=C4C[C@@H](OCCCC(=O)CCC(=O)O)CC[C@]4(C)C3CC[C@@]21C.CC(C)CCC[C@@H](C)[C@H]1CCC2C3CC=C4C[C@@H](OCCN)CC[C@]4(C)C3CC[C@@]21C.CC(C)CCC[C@@H](C)[C@H]1CCC2C3CC=C4C[C@@H](OCCN=[N+]=[N-])CC[C@]4(C)C3CC[C@@]21C.Cc1ccc(S(=O)(=O)OCCO[C@H]2CC[C@@]3(C)C(=CCC4C3CC[C@@]3(C)C4CC[C@@H]3[C@H](C)CCCC(C)C)C2)cc1.O=C1CCC(=O)O1. The van der Waals surface area contributed by atoms with Crippen LogP contribution >= 0.6 is 0 Å². The van der Waals surface area contributed by atoms with Gasteiger partial charge in [-0.1, -0.05) is 285 Å². The number of aliphatic carboxylic acids is 1. The number of hydrogen-bond acceptors (Lipinski definition) is 14. The minimum atomic E-state index is -3.74. The standard InChI is InChI=1S/C36H56O4S.C34H56O4.C29H49N3O.C29H51NO.C4H4O3/c1-25(2)8-7-9-27(4)32-16-17-33-31-15-12-28-24-29(18-20-35(28,5)34(31)19-21-36(32,33)6)39-22-23-40-41(37,38)30-13-10-26(3)11-14-30;1-23(2)8-6-9-24(3)29-14-15-30-28-13-11-25-22-27(38-21-7-10-26(35)12-16-32(36)37)17-19-33(25,4)31(28)18-20-34(29,30)5;1-20(2)7-6-8-21(3)25-11-12-26-24-10-9-22-19-23(33-18-17-31-32-30)13-15-28(22,4)27(24)14-16-29(25,26)5;1-20(2)7-6-8-21(3)25-11-12-26-24-10-9-22-19-23(31-18-17-30)13-15-28(22,4)27(24)14-16-29(25,26)5;5-3-1-2-4(6)7-3/h10-14,25,27,29,31-34H,7-9,15-24H2,1-6H3;11,23-24,27-31H,6-10,12-22H2,1-5H3,(H,36,37);9,20-21,23-27H,6-8,10-19H2,1-5H3;9,20-21,23-27H,6-8,10-19,30H2,1-5H3;1-2H2/t27-,29+,31?,32-,33?,34?,35+,36-;24-,27+,28?,29-,30?,31?,33+,34-;2*21-,23+,24?,25-,26?,27?,28+,29-;/m1111./s1. The highest BCUT2D eigenvalue weighted by Crippen LogP contribution is 2.74. The van der Waals surface area contributed by atoms with Crippen LogP contribution in [0.5, 0.6) is 0 Å². The van der Waals surface area contributed by atoms with E-state index in [4.69, 9.17) is 39.5 Å². The van der Waals surface area contributed by atoms with E-state index >= 15 is 0 Å². The maximum absolute atomic E-state index is 12.5. The summed E-state index contributed by atoms with van der Waals surface area (Å²) < 4.78 is 59.0. The first kappa shape index (κ1) is 121. The lowest BCUT2D eigenvalue weighted by atomic mass is 9.47. The number of ether oxygens (including phenoxy) is 5. The number of benzene rings is 1. The number of rotatable bonds is 41. The lowest BCUT2D eigenvalue weighted by Gasteiger charge is -2.58. The molecule has 3 N–H and O–H groups in total. The number of nitrogens with two attached hydrogens (primary N) is 1. The van der Waals surface area contributed by atoms with Crippen LogP contribution in [0.4, 0.5) is 0 Å². The number of hydrogen-bond donors (Lipinski definition) is 2. The molecule has 12 unspecified atom stereocenters. The lowest BCUT2D eigenvalue weighted by Crippen LogP contribution is -2.51. The number of carbonyl (C=O) groups is 4. The highest BCUT2D eigenvalue weighted by Gasteiger charge is 2.65. The Morgan fingerprint density at radius 2 is 0.713 bits per heavy atom. The van der Waals surface area contributed by atoms with Gasteiger partial charge in [-0.15, -0.1) is 0 Å². The van der Waals surface area contributed by atoms with Gasteiger partial charge in [-0.25, -0.2) is 0 Å². The van der Waals surface area contributed by atoms with Gasteiger partial charge in [0.05, 0.1) is 75.0 Å². The van der Waals surface area contributed by atoms with Crippen LogP contribution in [0.3, 0.4) is 0 Å². The number of Topliss-reactive ketones (excluding diaryl/α,β-unsaturated/α-hetero) is 1. The molecule has 17 aliphatic rings. The third-order valence-corrected chi connectivity index (χ3v) is 47.8. The topological polar surface area (TPSA) is 253 Å². The van der Waals surface area contributed by atoms with Crippen molar-refractivity contribution >= 4 is 33.8 Å². The summed E-state index contributed by atoms with van der Waals surface area (Å²) in [5, 5.41) is 12.4. The van der Waals surface area contributed by atoms with E-state index in [2.05, 4.69) is 178 Å². The average molecular weight is 2100 g/mol. The maximum atomic E-state index is 12.5. The lowest BCUT2D eigenvalue weighted by molar-refractivity contribution is -0.152. The largest absolute Gasteiger partial charge is 0.481 e. The van der Waals surface area contributed by atoms with Gasteiger partial charge in [0.15, 0.2) is 0 Å². The number of aryl methyl sites for hydroxylation is 1. The van der Waals surface area contributed by atoms with Crippen molar-refractivity contribution in [3.63, 3.8) is 0 Å². The molecular weight excluding hydrogens is 1880 g/mol. The molecule has 0 bridgehead atoms. The molecule has 848 valence electrons. The predicted octanol–water partition coefficient (Wildman–Crippen LogP) is 33.7. The second-order valence-electron chi connectivity index (χ2n) is 56.8. The molecule has 0 amide bonds. The van der Waals surface area contributed by atoms with Gasteiger partial charge in [0.1, 0.15) is 5.78 Å². The number of esters is 2. The van der Waals surface area contributed by atoms with Crippen LogP contribution in [0.25, 0.3) is 10.4 Å². The van der Waals surface area contributed by atoms with E-state index in [1.54, 1.807) is 46.6 Å². The second-order valence-corrected chi connectivity index (χ2v) is 58.4. The van der Waals surface area contributed by atoms with Crippen molar-refractivity contribution in [3.05, 3.63) is 86.9 Å². The zero-order chi connectivity index (χ0) is 108. The summed E-state index contributed by atoms with van der Waals surface area (Å²) in [6.07, 6.45) is 72.6. The number of allylic oxidation sites excluding steroid dienone is 4. The van der Waals surface area contributed by atoms with Crippen LogP contribution in [0.1, 0.15) is 465 Å². The second kappa shape index (κ2) is 53.2. The molecule has 0 radical (unpaired) electrons. The fourth-order valence-electron chi connectivity index (χ4n) is 38.2. The molecule has 12 saturated carbocycles. The summed E-state index contributed by atoms with van der Waals surface area (Å²) in [4.78, 5) is 45.6. The number of carbonyl (C=O) groups excluding carboxylic acids is 3. The molecule has 0 aromatic heterocycles. The summed E-state index contributed by atoms with van der Waals surface area (Å²) >= 11 is 0. The normalized spacial score (nSPS) is 38.1. The smallest absolute Gasteiger partial charge is 0.314 e. The molecule has 18 rings (SSSR count). The van der Waals surface area contributed by atoms with Gasteiger partial charge in [0.25, 0.3) is 10.1 Å². The van der Waals surface area contributed by atoms with Crippen molar-refractivity contribution in [2.75, 3.05) is 46.1 Å². The number of carboxylic acids is 1. The van der Waals surface area contributed by atoms with Gasteiger partial charge in [0.2, 0.25) is 0 Å². The van der Waals surface area contributed by atoms with Gasteiger partial charge in [-0.2, -0.15) is 8.42 Å². The zero-order valence-corrected chi connectivity index (χ0v) is 99.6. The van der Waals surface area contributed by atoms with Crippen LogP contribution < -0.4 is 5.73 Å². The Balaban J connectivity index is 0.000000154. The monoisotopic (exact) mass is 2100 g/mol. The predicted molar refractivity (Wildman–Crippen MR) is 610 cm³/mol. The number of azide groups is 1. The van der Waals surface area contributed by atoms with Crippen LogP contribution in [-0.4, -0.2) is 108 Å². The van der Waals surface area contributed by atoms with E-state index in [-0.39, 0.29) is 55.2 Å². The van der Waals surface area contributed by atoms with E-state index in [1.165, 1.54) is 238 Å². The molecular formula is C132H216N4O13S. The van der Waals surface area contributed by atoms with Gasteiger partial charge in [-0.3, -0.25) is 23.4 Å². The van der Waals surface area contributed by atoms with Crippen molar-refractivity contribution in [1.29, 1.82) is 0 Å². The van der Waals surface area contributed by atoms with Crippen LogP contribution in [-0.2, 0) is 57.2 Å². The molecule has 150 heavy (non-hydrogen) atoms. The third kappa shape index (κ3) is 28.0. The first-order valence-corrected chi connectivity index (χ1v) is 64.1. The Hall–Kier alpha value is -4.52. The molecule has 1 aromatic carbocycles. The van der Waals surface area contributed by atoms with Gasteiger partial charge in [-0.05, 0) is 422 Å². The quantitative estimate of drug-likeness (QED) is 0.00904. The van der Waals surface area contributed by atoms with Crippen LogP contribution in [0, 0.1) is 192 Å². The van der Waals surface area contributed by atoms with Crippen LogP contribution in [0.15, 0.2) is 80.9 Å². The molecule has 16 aliphatic carbocycles. The van der Waals surface area contributed by atoms with Gasteiger partial charge in [0, 0.05) is 37.4 Å². The molecule has 1 aliphatic heterocycles. The Labute approximate surface area is 913 Å². The minimum absolute atomic E-state index is 0.0386. The van der Waals surface area contributed by atoms with Gasteiger partial charge >= 0.3 is 17.9 Å². The zero-order valence-electron chi connectivity index (χ0n) is 98.8. The third-order valence-electron chi connectivity index (χ3n) is 46.4. The highest BCUT2D eigenvalue weighted by molar-refractivity contribution is 7.86. The summed E-state index contributed by atoms with van der Waals surface area (Å²) in [7, 11) is -3.74. The first-order valence-electron chi connectivity index (χ1n) is 62.7. The fraction of sp³-hybridized carbons (Fsp3) is 0.864. The van der Waals surface area contributed by atoms with E-state index in [1.807, 2.05) is 6.92 Å². The Morgan fingerprint density at radius 3 is 1.01 bits per heavy atom. The fourth-order valence-corrected chi connectivity index (χ4v) is 39.1. The van der Waals surface area contributed by atoms with Gasteiger partial charge < -0.3 is 34.5 Å². The number of cyclic esters (lactones) is 2. The number of carboxylic acid groups (broad SMARTS) is 1. The number of fused-ring (bicyclic) bond motifs is 20. The van der Waals surface area contributed by atoms with E-state index in [0.717, 1.165) is 199 Å².